The van der Waals surface area contributed by atoms with Crippen LogP contribution in [0, 0.1) is 11.3 Å². The van der Waals surface area contributed by atoms with Crippen molar-refractivity contribution >= 4 is 21.9 Å². The fourth-order valence-electron chi connectivity index (χ4n) is 2.06. The summed E-state index contributed by atoms with van der Waals surface area (Å²) in [4.78, 5) is 11.1. The van der Waals surface area contributed by atoms with E-state index in [2.05, 4.69) is 4.74 Å². The van der Waals surface area contributed by atoms with Crippen LogP contribution in [0.15, 0.2) is 53.4 Å². The first-order valence-electron chi connectivity index (χ1n) is 7.55. The van der Waals surface area contributed by atoms with Gasteiger partial charge in [-0.1, -0.05) is 24.3 Å². The van der Waals surface area contributed by atoms with Crippen molar-refractivity contribution in [2.45, 2.75) is 6.61 Å². The van der Waals surface area contributed by atoms with Crippen LogP contribution in [-0.4, -0.2) is 27.8 Å². The fourth-order valence-corrected chi connectivity index (χ4v) is 2.57. The van der Waals surface area contributed by atoms with Crippen LogP contribution in [0.2, 0.25) is 0 Å². The van der Waals surface area contributed by atoms with Crippen molar-refractivity contribution in [3.05, 3.63) is 70.1 Å². The van der Waals surface area contributed by atoms with Gasteiger partial charge in [0, 0.05) is 6.26 Å². The number of esters is 1. The summed E-state index contributed by atoms with van der Waals surface area (Å²) in [5.74, 6) is 0.198. The predicted octanol–water partition coefficient (Wildman–Crippen LogP) is 2.96. The van der Waals surface area contributed by atoms with Crippen molar-refractivity contribution in [2.24, 2.45) is 0 Å². The van der Waals surface area contributed by atoms with Crippen LogP contribution in [0.4, 0.5) is 0 Å². The Morgan fingerprint density at radius 2 is 1.73 bits per heavy atom. The average molecular weight is 371 g/mol. The number of nitriles is 1. The van der Waals surface area contributed by atoms with Crippen LogP contribution in [0.25, 0.3) is 6.08 Å². The summed E-state index contributed by atoms with van der Waals surface area (Å²) in [5, 5.41) is 8.91. The number of ether oxygens (including phenoxy) is 2. The topological polar surface area (TPSA) is 93.5 Å². The zero-order valence-corrected chi connectivity index (χ0v) is 15.1. The molecule has 0 spiro atoms. The molecule has 7 heteroatoms. The molecule has 0 fully saturated rings. The molecule has 0 amide bonds. The molecule has 0 N–H and O–H groups in total. The van der Waals surface area contributed by atoms with Gasteiger partial charge in [-0.3, -0.25) is 0 Å². The van der Waals surface area contributed by atoms with Crippen molar-refractivity contribution in [1.29, 1.82) is 5.26 Å². The highest BCUT2D eigenvalue weighted by Gasteiger charge is 2.10. The van der Waals surface area contributed by atoms with Crippen LogP contribution in [0.3, 0.4) is 0 Å². The molecule has 0 aliphatic rings. The Bertz CT molecular complexity index is 952. The maximum atomic E-state index is 11.4. The van der Waals surface area contributed by atoms with E-state index in [0.29, 0.717) is 23.5 Å². The largest absolute Gasteiger partial charge is 0.489 e. The lowest BCUT2D eigenvalue weighted by atomic mass is 10.1. The molecule has 0 radical (unpaired) electrons. The molecule has 0 aliphatic carbocycles. The highest BCUT2D eigenvalue weighted by Crippen LogP contribution is 2.17. The van der Waals surface area contributed by atoms with Crippen LogP contribution >= 0.6 is 0 Å². The minimum atomic E-state index is -3.55. The molecule has 0 bridgehead atoms. The van der Waals surface area contributed by atoms with Gasteiger partial charge < -0.3 is 9.47 Å². The van der Waals surface area contributed by atoms with Crippen LogP contribution in [0.5, 0.6) is 5.75 Å². The molecule has 0 saturated heterocycles. The quantitative estimate of drug-likeness (QED) is 0.572. The molecule has 134 valence electrons. The third-order valence-electron chi connectivity index (χ3n) is 3.47. The second kappa shape index (κ2) is 8.32. The minimum Gasteiger partial charge on any atom is -0.489 e. The molecule has 0 unspecified atom stereocenters. The number of allylic oxidation sites excluding steroid dienone is 1. The number of rotatable bonds is 6. The fraction of sp³-hybridized carbons (Fsp3) is 0.158. The number of methoxy groups -OCH3 is 1. The Labute approximate surface area is 152 Å². The van der Waals surface area contributed by atoms with E-state index in [1.165, 1.54) is 13.2 Å². The van der Waals surface area contributed by atoms with Gasteiger partial charge in [0.25, 0.3) is 0 Å². The first-order chi connectivity index (χ1) is 12.3. The molecular weight excluding hydrogens is 354 g/mol. The average Bonchev–Trinajstić information content (AvgIpc) is 2.64. The molecule has 2 aromatic rings. The lowest BCUT2D eigenvalue weighted by Crippen LogP contribution is -2.02. The number of hydrogen-bond acceptors (Lipinski definition) is 6. The van der Waals surface area contributed by atoms with Gasteiger partial charge in [0.2, 0.25) is 0 Å². The normalized spacial score (nSPS) is 11.5. The van der Waals surface area contributed by atoms with Crippen molar-refractivity contribution in [3.8, 4) is 11.8 Å². The number of sulfone groups is 1. The van der Waals surface area contributed by atoms with Crippen molar-refractivity contribution in [3.63, 3.8) is 0 Å². The van der Waals surface area contributed by atoms with E-state index in [4.69, 9.17) is 10.00 Å². The Balaban J connectivity index is 2.03. The zero-order valence-electron chi connectivity index (χ0n) is 14.3. The van der Waals surface area contributed by atoms with Crippen molar-refractivity contribution in [1.82, 2.24) is 0 Å². The molecule has 0 saturated carbocycles. The zero-order chi connectivity index (χ0) is 19.2. The SMILES string of the molecule is COC(=O)c1ccc(COc2ccc(C=C(C#N)S(C)(=O)=O)cc2)cc1. The summed E-state index contributed by atoms with van der Waals surface area (Å²) >= 11 is 0. The molecule has 0 aliphatic heterocycles. The van der Waals surface area contributed by atoms with Crippen molar-refractivity contribution in [2.75, 3.05) is 13.4 Å². The van der Waals surface area contributed by atoms with E-state index < -0.39 is 15.8 Å². The smallest absolute Gasteiger partial charge is 0.337 e. The molecular formula is C19H17NO5S. The lowest BCUT2D eigenvalue weighted by Gasteiger charge is -2.07. The van der Waals surface area contributed by atoms with Gasteiger partial charge in [-0.05, 0) is 41.5 Å². The Morgan fingerprint density at radius 3 is 2.23 bits per heavy atom. The van der Waals surface area contributed by atoms with E-state index in [1.54, 1.807) is 54.6 Å². The van der Waals surface area contributed by atoms with E-state index in [9.17, 15) is 13.2 Å². The van der Waals surface area contributed by atoms with E-state index in [1.807, 2.05) is 0 Å². The highest BCUT2D eigenvalue weighted by atomic mass is 32.2. The van der Waals surface area contributed by atoms with Crippen LogP contribution in [0.1, 0.15) is 21.5 Å². The third-order valence-corrected chi connectivity index (χ3v) is 4.48. The summed E-state index contributed by atoms with van der Waals surface area (Å²) in [6.07, 6.45) is 2.30. The predicted molar refractivity (Wildman–Crippen MR) is 97.0 cm³/mol. The maximum absolute atomic E-state index is 11.4. The van der Waals surface area contributed by atoms with Gasteiger partial charge in [-0.25, -0.2) is 13.2 Å². The van der Waals surface area contributed by atoms with Gasteiger partial charge in [-0.15, -0.1) is 0 Å². The highest BCUT2D eigenvalue weighted by molar-refractivity contribution is 7.95. The minimum absolute atomic E-state index is 0.295. The number of nitrogens with zero attached hydrogens (tertiary/aromatic N) is 1. The molecule has 0 atom stereocenters. The number of carbonyl (C=O) groups excluding carboxylic acids is 1. The van der Waals surface area contributed by atoms with E-state index in [0.717, 1.165) is 11.8 Å². The van der Waals surface area contributed by atoms with Crippen LogP contribution < -0.4 is 4.74 Å². The van der Waals surface area contributed by atoms with Gasteiger partial charge >= 0.3 is 5.97 Å². The lowest BCUT2D eigenvalue weighted by molar-refractivity contribution is 0.0600. The number of carbonyl (C=O) groups is 1. The molecule has 0 heterocycles. The monoisotopic (exact) mass is 371 g/mol. The summed E-state index contributed by atoms with van der Waals surface area (Å²) < 4.78 is 33.2. The molecule has 26 heavy (non-hydrogen) atoms. The van der Waals surface area contributed by atoms with E-state index in [-0.39, 0.29) is 4.91 Å². The van der Waals surface area contributed by atoms with E-state index >= 15 is 0 Å². The standard InChI is InChI=1S/C19H17NO5S/c1-24-19(21)16-7-3-15(4-8-16)13-25-17-9-5-14(6-10-17)11-18(12-20)26(2,22)23/h3-11H,13H2,1-2H3. The first kappa shape index (κ1) is 19.2. The second-order valence-corrected chi connectivity index (χ2v) is 7.42. The van der Waals surface area contributed by atoms with Gasteiger partial charge in [-0.2, -0.15) is 5.26 Å². The van der Waals surface area contributed by atoms with Crippen molar-refractivity contribution < 1.29 is 22.7 Å². The first-order valence-corrected chi connectivity index (χ1v) is 9.44. The Hall–Kier alpha value is -3.11. The summed E-state index contributed by atoms with van der Waals surface area (Å²) in [7, 11) is -2.22. The molecule has 0 aromatic heterocycles. The molecule has 2 aromatic carbocycles. The summed E-state index contributed by atoms with van der Waals surface area (Å²) in [5.41, 5.74) is 1.93. The molecule has 6 nitrogen and oxygen atoms in total. The maximum Gasteiger partial charge on any atom is 0.337 e. The van der Waals surface area contributed by atoms with Gasteiger partial charge in [0.1, 0.15) is 23.3 Å². The second-order valence-electron chi connectivity index (χ2n) is 5.44. The Morgan fingerprint density at radius 1 is 1.12 bits per heavy atom. The number of hydrogen-bond donors (Lipinski definition) is 0. The van der Waals surface area contributed by atoms with Crippen LogP contribution in [-0.2, 0) is 21.2 Å². The third kappa shape index (κ3) is 5.19. The Kier molecular flexibility index (Phi) is 6.15. The summed E-state index contributed by atoms with van der Waals surface area (Å²) in [6.45, 7) is 0.309. The van der Waals surface area contributed by atoms with Gasteiger partial charge in [0.05, 0.1) is 12.7 Å². The van der Waals surface area contributed by atoms with Gasteiger partial charge in [0.15, 0.2) is 9.84 Å². The number of benzene rings is 2. The molecule has 2 rings (SSSR count). The summed E-state index contributed by atoms with van der Waals surface area (Å²) in [6, 6.07) is 15.2.